The summed E-state index contributed by atoms with van der Waals surface area (Å²) >= 11 is 0. The number of phenolic OH excluding ortho intramolecular Hbond substituents is 1. The molecular weight excluding hydrogens is 472 g/mol. The second kappa shape index (κ2) is 10.1. The van der Waals surface area contributed by atoms with Crippen LogP contribution in [-0.4, -0.2) is 102 Å². The maximum Gasteiger partial charge on any atom is 0.308 e. The number of carbonyl (C=O) groups excluding carboxylic acids is 1. The van der Waals surface area contributed by atoms with Crippen molar-refractivity contribution in [3.63, 3.8) is 0 Å². The first-order valence-corrected chi connectivity index (χ1v) is 13.4. The number of esters is 1. The molecular formula is C27H36N6O4. The van der Waals surface area contributed by atoms with Gasteiger partial charge in [-0.1, -0.05) is 12.1 Å². The third kappa shape index (κ3) is 4.73. The molecule has 1 aromatic heterocycles. The number of nitrogens with zero attached hydrogens (tertiary/aromatic N) is 5. The topological polar surface area (TPSA) is 117 Å². The highest BCUT2D eigenvalue weighted by molar-refractivity contribution is 5.74. The zero-order valence-corrected chi connectivity index (χ0v) is 21.3. The molecule has 3 atom stereocenters. The van der Waals surface area contributed by atoms with Gasteiger partial charge in [0.2, 0.25) is 0 Å². The molecule has 1 saturated carbocycles. The SMILES string of the molecule is COC(=O)C1CC(N2CCO[C@@H](CN3C4CCC3CN(c3cc(-c5ccccc5O)nnc3N)C4)C2)C1. The molecule has 4 heterocycles. The number of hydrogen-bond acceptors (Lipinski definition) is 10. The highest BCUT2D eigenvalue weighted by Gasteiger charge is 2.44. The monoisotopic (exact) mass is 508 g/mol. The van der Waals surface area contributed by atoms with Crippen molar-refractivity contribution in [1.29, 1.82) is 0 Å². The van der Waals surface area contributed by atoms with Crippen LogP contribution in [0, 0.1) is 5.92 Å². The fourth-order valence-corrected chi connectivity index (χ4v) is 6.62. The number of aromatic nitrogens is 2. The molecule has 2 unspecified atom stereocenters. The molecule has 2 bridgehead atoms. The summed E-state index contributed by atoms with van der Waals surface area (Å²) in [5.74, 6) is 0.584. The molecule has 6 rings (SSSR count). The molecule has 10 heteroatoms. The number of methoxy groups -OCH3 is 1. The van der Waals surface area contributed by atoms with Crippen LogP contribution in [0.1, 0.15) is 25.7 Å². The molecule has 1 aliphatic carbocycles. The van der Waals surface area contributed by atoms with E-state index in [0.717, 1.165) is 70.7 Å². The van der Waals surface area contributed by atoms with Gasteiger partial charge in [-0.3, -0.25) is 14.6 Å². The molecule has 198 valence electrons. The highest BCUT2D eigenvalue weighted by Crippen LogP contribution is 2.38. The van der Waals surface area contributed by atoms with Gasteiger partial charge in [0.15, 0.2) is 5.82 Å². The minimum absolute atomic E-state index is 0.0571. The van der Waals surface area contributed by atoms with Crippen molar-refractivity contribution in [2.24, 2.45) is 5.92 Å². The molecule has 0 radical (unpaired) electrons. The van der Waals surface area contributed by atoms with Crippen LogP contribution in [0.2, 0.25) is 0 Å². The van der Waals surface area contributed by atoms with E-state index in [4.69, 9.17) is 15.2 Å². The Morgan fingerprint density at radius 2 is 1.89 bits per heavy atom. The lowest BCUT2D eigenvalue weighted by atomic mass is 9.79. The van der Waals surface area contributed by atoms with Crippen molar-refractivity contribution < 1.29 is 19.4 Å². The number of hydrogen-bond donors (Lipinski definition) is 2. The van der Waals surface area contributed by atoms with Crippen LogP contribution in [0.3, 0.4) is 0 Å². The fraction of sp³-hybridized carbons (Fsp3) is 0.593. The van der Waals surface area contributed by atoms with Gasteiger partial charge in [-0.05, 0) is 43.9 Å². The van der Waals surface area contributed by atoms with E-state index in [0.29, 0.717) is 35.2 Å². The van der Waals surface area contributed by atoms with Crippen LogP contribution in [-0.2, 0) is 14.3 Å². The number of morpholine rings is 1. The average molecular weight is 509 g/mol. The van der Waals surface area contributed by atoms with Gasteiger partial charge in [0, 0.05) is 56.4 Å². The molecule has 0 amide bonds. The first-order chi connectivity index (χ1) is 18.0. The van der Waals surface area contributed by atoms with Gasteiger partial charge < -0.3 is 25.2 Å². The Hall–Kier alpha value is -2.95. The fourth-order valence-electron chi connectivity index (χ4n) is 6.62. The zero-order chi connectivity index (χ0) is 25.5. The average Bonchev–Trinajstić information content (AvgIpc) is 3.10. The Labute approximate surface area is 217 Å². The number of aromatic hydroxyl groups is 1. The lowest BCUT2D eigenvalue weighted by molar-refractivity contribution is -0.152. The molecule has 4 aliphatic rings. The summed E-state index contributed by atoms with van der Waals surface area (Å²) in [5.41, 5.74) is 8.45. The van der Waals surface area contributed by atoms with Gasteiger partial charge in [0.25, 0.3) is 0 Å². The zero-order valence-electron chi connectivity index (χ0n) is 21.3. The Bertz CT molecular complexity index is 1130. The van der Waals surface area contributed by atoms with Crippen molar-refractivity contribution in [1.82, 2.24) is 20.0 Å². The summed E-state index contributed by atoms with van der Waals surface area (Å²) in [6.07, 6.45) is 4.29. The first-order valence-electron chi connectivity index (χ1n) is 13.4. The van der Waals surface area contributed by atoms with Gasteiger partial charge in [0.1, 0.15) is 5.75 Å². The Balaban J connectivity index is 1.09. The van der Waals surface area contributed by atoms with Crippen molar-refractivity contribution >= 4 is 17.5 Å². The molecule has 3 N–H and O–H groups in total. The molecule has 1 aromatic carbocycles. The third-order valence-corrected chi connectivity index (χ3v) is 8.70. The van der Waals surface area contributed by atoms with Gasteiger partial charge in [0.05, 0.1) is 37.1 Å². The van der Waals surface area contributed by atoms with E-state index in [-0.39, 0.29) is 23.7 Å². The number of benzene rings is 1. The van der Waals surface area contributed by atoms with Crippen LogP contribution >= 0.6 is 0 Å². The summed E-state index contributed by atoms with van der Waals surface area (Å²) < 4.78 is 11.1. The number of nitrogens with two attached hydrogens (primary N) is 1. The Morgan fingerprint density at radius 3 is 2.62 bits per heavy atom. The van der Waals surface area contributed by atoms with Crippen LogP contribution in [0.4, 0.5) is 11.5 Å². The predicted octanol–water partition coefficient (Wildman–Crippen LogP) is 1.74. The van der Waals surface area contributed by atoms with Gasteiger partial charge in [-0.15, -0.1) is 10.2 Å². The number of piperazine rings is 1. The van der Waals surface area contributed by atoms with E-state index < -0.39 is 0 Å². The maximum atomic E-state index is 11.8. The lowest BCUT2D eigenvalue weighted by Crippen LogP contribution is -2.59. The maximum absolute atomic E-state index is 11.8. The standard InChI is InChI=1S/C27H36N6O4/c1-36-27(35)17-10-20(11-17)31-8-9-37-21(15-31)16-33-18-6-7-19(33)14-32(13-18)24-12-23(29-30-26(24)28)22-4-2-3-5-25(22)34/h2-5,12,17-21,34H,6-11,13-16H2,1H3,(H2,28,30)/t17?,18?,19?,20?,21-/m1/s1. The van der Waals surface area contributed by atoms with Crippen LogP contribution in [0.15, 0.2) is 30.3 Å². The van der Waals surface area contributed by atoms with E-state index in [9.17, 15) is 9.90 Å². The Kier molecular flexibility index (Phi) is 6.64. The van der Waals surface area contributed by atoms with E-state index in [2.05, 4.69) is 24.9 Å². The molecule has 37 heavy (non-hydrogen) atoms. The predicted molar refractivity (Wildman–Crippen MR) is 139 cm³/mol. The van der Waals surface area contributed by atoms with Crippen molar-refractivity contribution in [3.05, 3.63) is 30.3 Å². The number of phenols is 1. The molecule has 0 spiro atoms. The van der Waals surface area contributed by atoms with Crippen LogP contribution in [0.25, 0.3) is 11.3 Å². The number of fused-ring (bicyclic) bond motifs is 2. The summed E-state index contributed by atoms with van der Waals surface area (Å²) in [4.78, 5) is 19.3. The normalized spacial score (nSPS) is 30.2. The smallest absolute Gasteiger partial charge is 0.308 e. The third-order valence-electron chi connectivity index (χ3n) is 8.70. The van der Waals surface area contributed by atoms with Gasteiger partial charge >= 0.3 is 5.97 Å². The van der Waals surface area contributed by atoms with E-state index in [1.165, 1.54) is 7.11 Å². The molecule has 4 fully saturated rings. The highest BCUT2D eigenvalue weighted by atomic mass is 16.5. The minimum Gasteiger partial charge on any atom is -0.507 e. The largest absolute Gasteiger partial charge is 0.507 e. The minimum atomic E-state index is -0.0757. The summed E-state index contributed by atoms with van der Waals surface area (Å²) in [7, 11) is 1.47. The molecule has 3 aliphatic heterocycles. The molecule has 3 saturated heterocycles. The van der Waals surface area contributed by atoms with Crippen molar-refractivity contribution in [3.8, 4) is 17.0 Å². The van der Waals surface area contributed by atoms with E-state index >= 15 is 0 Å². The molecule has 2 aromatic rings. The van der Waals surface area contributed by atoms with E-state index in [1.807, 2.05) is 18.2 Å². The second-order valence-electron chi connectivity index (χ2n) is 10.8. The first kappa shape index (κ1) is 24.4. The number of carbonyl (C=O) groups is 1. The van der Waals surface area contributed by atoms with Crippen molar-refractivity contribution in [2.75, 3.05) is 57.1 Å². The lowest BCUT2D eigenvalue weighted by Gasteiger charge is -2.47. The number of nitrogen functional groups attached to an aromatic ring is 1. The van der Waals surface area contributed by atoms with Gasteiger partial charge in [-0.25, -0.2) is 0 Å². The number of ether oxygens (including phenoxy) is 2. The number of para-hydroxylation sites is 1. The van der Waals surface area contributed by atoms with Crippen LogP contribution in [0.5, 0.6) is 5.75 Å². The molecule has 10 nitrogen and oxygen atoms in total. The second-order valence-corrected chi connectivity index (χ2v) is 10.8. The van der Waals surface area contributed by atoms with Crippen LogP contribution < -0.4 is 10.6 Å². The van der Waals surface area contributed by atoms with E-state index in [1.54, 1.807) is 12.1 Å². The van der Waals surface area contributed by atoms with Crippen molar-refractivity contribution in [2.45, 2.75) is 49.9 Å². The van der Waals surface area contributed by atoms with Gasteiger partial charge in [-0.2, -0.15) is 0 Å². The number of anilines is 2. The summed E-state index contributed by atoms with van der Waals surface area (Å²) in [6.45, 7) is 5.29. The summed E-state index contributed by atoms with van der Waals surface area (Å²) in [6, 6.07) is 10.5. The Morgan fingerprint density at radius 1 is 1.14 bits per heavy atom. The quantitative estimate of drug-likeness (QED) is 0.559. The summed E-state index contributed by atoms with van der Waals surface area (Å²) in [5, 5.41) is 18.8. The number of rotatable bonds is 6.